The molecule has 3 N–H and O–H groups in total. The molecule has 41 heavy (non-hydrogen) atoms. The second-order valence-corrected chi connectivity index (χ2v) is 12.8. The number of thiophene rings is 1. The number of imidazole rings is 1. The number of likely N-dealkylation sites (N-methyl/N-ethyl adjacent to an activating group) is 1. The monoisotopic (exact) mass is 570 g/mol. The largest absolute Gasteiger partial charge is 0.369 e. The van der Waals surface area contributed by atoms with Gasteiger partial charge in [0.25, 0.3) is 5.91 Å². The molecule has 0 saturated carbocycles. The Morgan fingerprint density at radius 2 is 1.83 bits per heavy atom. The molecule has 0 spiro atoms. The molecule has 3 aromatic heterocycles. The number of piperidine rings is 1. The predicted octanol–water partition coefficient (Wildman–Crippen LogP) is 4.79. The van der Waals surface area contributed by atoms with Gasteiger partial charge in [0.05, 0.1) is 16.7 Å². The Hall–Kier alpha value is -3.63. The molecule has 1 aromatic carbocycles. The Morgan fingerprint density at radius 1 is 1.00 bits per heavy atom. The fourth-order valence-corrected chi connectivity index (χ4v) is 7.46. The lowest BCUT2D eigenvalue weighted by molar-refractivity contribution is 0.0937. The van der Waals surface area contributed by atoms with Gasteiger partial charge in [-0.3, -0.25) is 4.79 Å². The second-order valence-electron chi connectivity index (χ2n) is 11.6. The van der Waals surface area contributed by atoms with Gasteiger partial charge in [-0.15, -0.1) is 11.3 Å². The van der Waals surface area contributed by atoms with Crippen molar-refractivity contribution < 1.29 is 4.79 Å². The second kappa shape index (κ2) is 11.3. The molecule has 0 radical (unpaired) electrons. The number of hydrogen-bond donors (Lipinski definition) is 3. The molecule has 7 rings (SSSR count). The van der Waals surface area contributed by atoms with Crippen LogP contribution in [-0.2, 0) is 12.8 Å². The molecule has 2 aliphatic heterocycles. The average Bonchev–Trinajstić information content (AvgIpc) is 3.66. The highest BCUT2D eigenvalue weighted by Crippen LogP contribution is 2.31. The van der Waals surface area contributed by atoms with Crippen LogP contribution in [0, 0.1) is 0 Å². The van der Waals surface area contributed by atoms with Gasteiger partial charge in [-0.1, -0.05) is 0 Å². The zero-order chi connectivity index (χ0) is 27.8. The van der Waals surface area contributed by atoms with Crippen molar-refractivity contribution in [1.29, 1.82) is 0 Å². The van der Waals surface area contributed by atoms with Crippen molar-refractivity contribution in [2.75, 3.05) is 61.4 Å². The van der Waals surface area contributed by atoms with Gasteiger partial charge in [0.15, 0.2) is 5.82 Å². The van der Waals surface area contributed by atoms with E-state index in [0.29, 0.717) is 0 Å². The van der Waals surface area contributed by atoms with Gasteiger partial charge < -0.3 is 30.3 Å². The summed E-state index contributed by atoms with van der Waals surface area (Å²) < 4.78 is 0. The van der Waals surface area contributed by atoms with Gasteiger partial charge in [-0.05, 0) is 81.5 Å². The number of carbonyl (C=O) groups is 1. The molecular weight excluding hydrogens is 532 g/mol. The summed E-state index contributed by atoms with van der Waals surface area (Å²) in [5, 5.41) is 6.85. The van der Waals surface area contributed by atoms with Crippen molar-refractivity contribution in [2.24, 2.45) is 0 Å². The van der Waals surface area contributed by atoms with Crippen LogP contribution < -0.4 is 20.4 Å². The molecule has 9 nitrogen and oxygen atoms in total. The summed E-state index contributed by atoms with van der Waals surface area (Å²) in [5.74, 6) is 1.70. The van der Waals surface area contributed by atoms with Crippen molar-refractivity contribution in [3.8, 4) is 0 Å². The van der Waals surface area contributed by atoms with E-state index in [1.54, 1.807) is 17.7 Å². The van der Waals surface area contributed by atoms with E-state index in [4.69, 9.17) is 4.98 Å². The zero-order valence-electron chi connectivity index (χ0n) is 23.7. The van der Waals surface area contributed by atoms with Crippen LogP contribution in [0.25, 0.3) is 11.0 Å². The number of nitrogens with zero attached hydrogens (tertiary/aromatic N) is 5. The number of aromatic amines is 1. The predicted molar refractivity (Wildman–Crippen MR) is 167 cm³/mol. The quantitative estimate of drug-likeness (QED) is 0.307. The minimum absolute atomic E-state index is 0.0654. The topological polar surface area (TPSA) is 92.4 Å². The molecule has 3 aliphatic rings. The van der Waals surface area contributed by atoms with Gasteiger partial charge in [0, 0.05) is 67.6 Å². The van der Waals surface area contributed by atoms with Crippen molar-refractivity contribution >= 4 is 51.3 Å². The zero-order valence-corrected chi connectivity index (χ0v) is 24.5. The fourth-order valence-electron chi connectivity index (χ4n) is 6.30. The van der Waals surface area contributed by atoms with Crippen LogP contribution in [0.4, 0.5) is 23.0 Å². The minimum atomic E-state index is 0.0654. The van der Waals surface area contributed by atoms with Crippen LogP contribution in [-0.4, -0.2) is 78.1 Å². The Labute approximate surface area is 245 Å². The van der Waals surface area contributed by atoms with E-state index in [0.717, 1.165) is 98.2 Å². The van der Waals surface area contributed by atoms with Gasteiger partial charge >= 0.3 is 0 Å². The highest BCUT2D eigenvalue weighted by molar-refractivity contribution is 7.14. The van der Waals surface area contributed by atoms with E-state index in [1.165, 1.54) is 29.0 Å². The van der Waals surface area contributed by atoms with Gasteiger partial charge in [0.1, 0.15) is 11.3 Å². The number of nitrogens with one attached hydrogen (secondary N) is 3. The summed E-state index contributed by atoms with van der Waals surface area (Å²) in [4.78, 5) is 35.4. The van der Waals surface area contributed by atoms with Crippen LogP contribution in [0.15, 0.2) is 42.7 Å². The van der Waals surface area contributed by atoms with E-state index in [1.807, 2.05) is 0 Å². The van der Waals surface area contributed by atoms with Gasteiger partial charge in [0.2, 0.25) is 0 Å². The van der Waals surface area contributed by atoms with E-state index >= 15 is 0 Å². The Kier molecular flexibility index (Phi) is 7.26. The number of carbonyl (C=O) groups excluding carboxylic acids is 1. The molecule has 0 unspecified atom stereocenters. The lowest BCUT2D eigenvalue weighted by Gasteiger charge is -2.34. The van der Waals surface area contributed by atoms with Crippen LogP contribution >= 0.6 is 11.3 Å². The number of pyridine rings is 1. The summed E-state index contributed by atoms with van der Waals surface area (Å²) in [6.45, 7) is 5.92. The number of H-pyrrole nitrogens is 1. The lowest BCUT2D eigenvalue weighted by Crippen LogP contribution is -2.48. The number of piperazine rings is 1. The number of rotatable bonds is 6. The standard InChI is InChI=1S/C31H38N8OS/c1-37-13-15-38(16-14-37)24-10-8-22(9-11-24)34-30-29-25(32-20-33-29)18-28(36-30)39-12-4-6-23(19-39)35-31(40)27-17-21-5-2-3-7-26(21)41-27/h8-11,17-18,20,23H,2-7,12-16,19H2,1H3,(H,32,33)(H,34,36)(H,35,40)/t23-/m0/s1. The highest BCUT2D eigenvalue weighted by atomic mass is 32.1. The fraction of sp³-hybridized carbons (Fsp3) is 0.452. The first kappa shape index (κ1) is 26.3. The number of aromatic nitrogens is 3. The molecule has 1 atom stereocenters. The maximum absolute atomic E-state index is 13.1. The Bertz CT molecular complexity index is 1500. The molecule has 1 amide bonds. The summed E-state index contributed by atoms with van der Waals surface area (Å²) in [6.07, 6.45) is 8.39. The summed E-state index contributed by atoms with van der Waals surface area (Å²) in [5.41, 5.74) is 5.38. The molecule has 10 heteroatoms. The van der Waals surface area contributed by atoms with Gasteiger partial charge in [-0.25, -0.2) is 9.97 Å². The summed E-state index contributed by atoms with van der Waals surface area (Å²) in [6, 6.07) is 12.9. The number of amides is 1. The number of fused-ring (bicyclic) bond motifs is 2. The third-order valence-corrected chi connectivity index (χ3v) is 9.93. The van der Waals surface area contributed by atoms with Crippen molar-refractivity contribution in [3.63, 3.8) is 0 Å². The van der Waals surface area contributed by atoms with Crippen molar-refractivity contribution in [1.82, 2.24) is 25.2 Å². The normalized spacial score (nSPS) is 19.8. The van der Waals surface area contributed by atoms with Crippen molar-refractivity contribution in [2.45, 2.75) is 44.6 Å². The molecule has 4 aromatic rings. The molecular formula is C31H38N8OS. The first-order chi connectivity index (χ1) is 20.1. The Morgan fingerprint density at radius 3 is 2.66 bits per heavy atom. The van der Waals surface area contributed by atoms with Crippen molar-refractivity contribution in [3.05, 3.63) is 58.0 Å². The van der Waals surface area contributed by atoms with Crippen LogP contribution in [0.2, 0.25) is 0 Å². The molecule has 2 fully saturated rings. The smallest absolute Gasteiger partial charge is 0.261 e. The van der Waals surface area contributed by atoms with E-state index in [-0.39, 0.29) is 11.9 Å². The first-order valence-electron chi connectivity index (χ1n) is 14.9. The molecule has 0 bridgehead atoms. The summed E-state index contributed by atoms with van der Waals surface area (Å²) >= 11 is 1.68. The van der Waals surface area contributed by atoms with Crippen LogP contribution in [0.3, 0.4) is 0 Å². The van der Waals surface area contributed by atoms with E-state index < -0.39 is 0 Å². The molecule has 5 heterocycles. The van der Waals surface area contributed by atoms with Crippen LogP contribution in [0.5, 0.6) is 0 Å². The Balaban J connectivity index is 1.05. The SMILES string of the molecule is CN1CCN(c2ccc(Nc3nc(N4CCC[C@H](NC(=O)c5cc6c(s5)CCCC6)C4)cc4[nH]cnc34)cc2)CC1. The maximum atomic E-state index is 13.1. The third kappa shape index (κ3) is 5.63. The third-order valence-electron chi connectivity index (χ3n) is 8.69. The number of hydrogen-bond acceptors (Lipinski definition) is 8. The highest BCUT2D eigenvalue weighted by Gasteiger charge is 2.25. The number of aryl methyl sites for hydroxylation is 2. The number of anilines is 4. The molecule has 2 saturated heterocycles. The summed E-state index contributed by atoms with van der Waals surface area (Å²) in [7, 11) is 2.18. The first-order valence-corrected chi connectivity index (χ1v) is 15.7. The van der Waals surface area contributed by atoms with Crippen LogP contribution in [0.1, 0.15) is 45.8 Å². The number of benzene rings is 1. The van der Waals surface area contributed by atoms with Gasteiger partial charge in [-0.2, -0.15) is 0 Å². The maximum Gasteiger partial charge on any atom is 0.261 e. The van der Waals surface area contributed by atoms with E-state index in [2.05, 4.69) is 78.7 Å². The minimum Gasteiger partial charge on any atom is -0.369 e. The average molecular weight is 571 g/mol. The lowest BCUT2D eigenvalue weighted by atomic mass is 9.99. The molecule has 1 aliphatic carbocycles. The van der Waals surface area contributed by atoms with E-state index in [9.17, 15) is 4.79 Å². The molecule has 214 valence electrons.